The van der Waals surface area contributed by atoms with Crippen LogP contribution in [-0.2, 0) is 11.2 Å². The van der Waals surface area contributed by atoms with Gasteiger partial charge in [0.05, 0.1) is 24.1 Å². The Hall–Kier alpha value is -3.06. The second-order valence-electron chi connectivity index (χ2n) is 7.99. The van der Waals surface area contributed by atoms with Crippen molar-refractivity contribution in [2.45, 2.75) is 32.1 Å². The first kappa shape index (κ1) is 19.9. The van der Waals surface area contributed by atoms with Crippen molar-refractivity contribution in [3.63, 3.8) is 0 Å². The number of ether oxygens (including phenoxy) is 1. The Labute approximate surface area is 184 Å². The van der Waals surface area contributed by atoms with E-state index >= 15 is 0 Å². The number of rotatable bonds is 5. The van der Waals surface area contributed by atoms with Crippen LogP contribution in [0.2, 0.25) is 0 Å². The predicted molar refractivity (Wildman–Crippen MR) is 122 cm³/mol. The number of hydrogen-bond acceptors (Lipinski definition) is 5. The zero-order valence-corrected chi connectivity index (χ0v) is 18.5. The maximum Gasteiger partial charge on any atom is 0.236 e. The molecule has 1 N–H and O–H groups in total. The van der Waals surface area contributed by atoms with Crippen molar-refractivity contribution in [3.8, 4) is 16.5 Å². The zero-order valence-electron chi connectivity index (χ0n) is 17.7. The lowest BCUT2D eigenvalue weighted by Crippen LogP contribution is -2.38. The van der Waals surface area contributed by atoms with E-state index in [4.69, 9.17) is 9.15 Å². The molecule has 1 amide bonds. The average Bonchev–Trinajstić information content (AvgIpc) is 3.54. The van der Waals surface area contributed by atoms with Gasteiger partial charge in [-0.1, -0.05) is 6.07 Å². The fourth-order valence-electron chi connectivity index (χ4n) is 4.38. The van der Waals surface area contributed by atoms with Crippen LogP contribution in [0.15, 0.2) is 46.3 Å². The molecule has 1 aromatic carbocycles. The molecule has 0 aliphatic carbocycles. The number of nitrogens with zero attached hydrogens (tertiary/aromatic N) is 2. The molecule has 0 spiro atoms. The third kappa shape index (κ3) is 3.85. The van der Waals surface area contributed by atoms with Crippen molar-refractivity contribution >= 4 is 28.1 Å². The minimum Gasteiger partial charge on any atom is -0.497 e. The number of methoxy groups -OCH3 is 1. The van der Waals surface area contributed by atoms with Crippen molar-refractivity contribution in [2.75, 3.05) is 20.2 Å². The number of H-pyrrole nitrogens is 1. The molecule has 31 heavy (non-hydrogen) atoms. The number of benzene rings is 1. The van der Waals surface area contributed by atoms with E-state index in [2.05, 4.69) is 28.3 Å². The Morgan fingerprint density at radius 1 is 1.32 bits per heavy atom. The second-order valence-corrected chi connectivity index (χ2v) is 8.93. The Morgan fingerprint density at radius 3 is 2.90 bits per heavy atom. The Bertz CT molecular complexity index is 1200. The monoisotopic (exact) mass is 435 g/mol. The van der Waals surface area contributed by atoms with E-state index in [-0.39, 0.29) is 12.3 Å². The first-order chi connectivity index (χ1) is 15.1. The van der Waals surface area contributed by atoms with Gasteiger partial charge >= 0.3 is 0 Å². The molecular formula is C24H25N3O3S. The number of oxazole rings is 1. The van der Waals surface area contributed by atoms with Crippen LogP contribution in [0.3, 0.4) is 0 Å². The Balaban J connectivity index is 1.24. The Kier molecular flexibility index (Phi) is 5.28. The zero-order chi connectivity index (χ0) is 21.4. The van der Waals surface area contributed by atoms with Crippen molar-refractivity contribution in [1.82, 2.24) is 14.9 Å². The number of likely N-dealkylation sites (tertiary alicyclic amines) is 1. The number of aromatic amines is 1. The van der Waals surface area contributed by atoms with Crippen molar-refractivity contribution in [3.05, 3.63) is 58.9 Å². The molecular weight excluding hydrogens is 410 g/mol. The maximum atomic E-state index is 12.9. The number of piperidine rings is 1. The van der Waals surface area contributed by atoms with Crippen LogP contribution in [0.25, 0.3) is 21.7 Å². The number of amides is 1. The number of carbonyl (C=O) groups excluding carboxylic acids is 1. The van der Waals surface area contributed by atoms with E-state index < -0.39 is 0 Å². The maximum absolute atomic E-state index is 12.9. The molecule has 0 atom stereocenters. The number of hydrogen-bond donors (Lipinski definition) is 1. The van der Waals surface area contributed by atoms with Crippen LogP contribution < -0.4 is 4.74 Å². The second kappa shape index (κ2) is 8.23. The van der Waals surface area contributed by atoms with Gasteiger partial charge in [0, 0.05) is 30.2 Å². The summed E-state index contributed by atoms with van der Waals surface area (Å²) in [6, 6.07) is 10.1. The first-order valence-electron chi connectivity index (χ1n) is 10.6. The first-order valence-corrected chi connectivity index (χ1v) is 11.4. The van der Waals surface area contributed by atoms with Gasteiger partial charge in [0.2, 0.25) is 11.8 Å². The Morgan fingerprint density at radius 2 is 2.16 bits per heavy atom. The summed E-state index contributed by atoms with van der Waals surface area (Å²) in [6.45, 7) is 3.40. The number of carbonyl (C=O) groups is 1. The quantitative estimate of drug-likeness (QED) is 0.471. The number of aryl methyl sites for hydroxylation is 1. The number of fused-ring (bicyclic) bond motifs is 1. The standard InChI is InChI=1S/C24H25N3O3S/c1-15-21(26-24(30-15)22-4-3-11-31-22)13-23(28)27-9-7-16(8-10-27)19-14-25-20-6-5-17(29-2)12-18(19)20/h3-6,11-12,14,16,25H,7-10,13H2,1-2H3. The molecule has 0 bridgehead atoms. The minimum absolute atomic E-state index is 0.119. The third-order valence-electron chi connectivity index (χ3n) is 6.15. The molecule has 6 nitrogen and oxygen atoms in total. The number of aromatic nitrogens is 2. The highest BCUT2D eigenvalue weighted by molar-refractivity contribution is 7.13. The van der Waals surface area contributed by atoms with Crippen LogP contribution >= 0.6 is 11.3 Å². The van der Waals surface area contributed by atoms with Crippen LogP contribution in [-0.4, -0.2) is 41.0 Å². The smallest absolute Gasteiger partial charge is 0.236 e. The van der Waals surface area contributed by atoms with Gasteiger partial charge in [0.25, 0.3) is 0 Å². The van der Waals surface area contributed by atoms with Gasteiger partial charge in [-0.3, -0.25) is 4.79 Å². The topological polar surface area (TPSA) is 71.4 Å². The molecule has 0 saturated carbocycles. The summed E-state index contributed by atoms with van der Waals surface area (Å²) in [6.07, 6.45) is 4.30. The minimum atomic E-state index is 0.119. The summed E-state index contributed by atoms with van der Waals surface area (Å²) >= 11 is 1.58. The van der Waals surface area contributed by atoms with E-state index in [0.717, 1.165) is 53.5 Å². The van der Waals surface area contributed by atoms with Crippen LogP contribution in [0.1, 0.15) is 35.8 Å². The van der Waals surface area contributed by atoms with Crippen LogP contribution in [0.4, 0.5) is 0 Å². The molecule has 1 aliphatic heterocycles. The highest BCUT2D eigenvalue weighted by Crippen LogP contribution is 2.35. The van der Waals surface area contributed by atoms with Gasteiger partial charge in [-0.05, 0) is 60.9 Å². The lowest BCUT2D eigenvalue weighted by atomic mass is 9.89. The van der Waals surface area contributed by atoms with Crippen molar-refractivity contribution < 1.29 is 13.9 Å². The molecule has 0 radical (unpaired) electrons. The summed E-state index contributed by atoms with van der Waals surface area (Å²) < 4.78 is 11.2. The van der Waals surface area contributed by atoms with E-state index in [1.54, 1.807) is 18.4 Å². The molecule has 1 saturated heterocycles. The largest absolute Gasteiger partial charge is 0.497 e. The molecule has 7 heteroatoms. The molecule has 1 aliphatic rings. The van der Waals surface area contributed by atoms with Gasteiger partial charge in [0.15, 0.2) is 0 Å². The number of thiophene rings is 1. The lowest BCUT2D eigenvalue weighted by Gasteiger charge is -2.32. The number of nitrogens with one attached hydrogen (secondary N) is 1. The fraction of sp³-hybridized carbons (Fsp3) is 0.333. The van der Waals surface area contributed by atoms with Gasteiger partial charge in [-0.2, -0.15) is 0 Å². The van der Waals surface area contributed by atoms with E-state index in [0.29, 0.717) is 11.8 Å². The molecule has 4 aromatic rings. The summed E-state index contributed by atoms with van der Waals surface area (Å²) in [7, 11) is 1.69. The molecule has 1 fully saturated rings. The fourth-order valence-corrected chi connectivity index (χ4v) is 5.03. The summed E-state index contributed by atoms with van der Waals surface area (Å²) in [4.78, 5) is 23.8. The lowest BCUT2D eigenvalue weighted by molar-refractivity contribution is -0.131. The highest BCUT2D eigenvalue weighted by Gasteiger charge is 2.27. The summed E-state index contributed by atoms with van der Waals surface area (Å²) in [5.41, 5.74) is 3.17. The molecule has 0 unspecified atom stereocenters. The molecule has 160 valence electrons. The van der Waals surface area contributed by atoms with Gasteiger partial charge in [-0.25, -0.2) is 4.98 Å². The predicted octanol–water partition coefficient (Wildman–Crippen LogP) is 5.15. The van der Waals surface area contributed by atoms with Gasteiger partial charge in [-0.15, -0.1) is 11.3 Å². The van der Waals surface area contributed by atoms with Gasteiger partial charge in [0.1, 0.15) is 11.5 Å². The van der Waals surface area contributed by atoms with Crippen LogP contribution in [0, 0.1) is 6.92 Å². The van der Waals surface area contributed by atoms with Crippen molar-refractivity contribution in [2.24, 2.45) is 0 Å². The van der Waals surface area contributed by atoms with E-state index in [1.165, 1.54) is 10.9 Å². The molecule has 3 aromatic heterocycles. The normalized spacial score (nSPS) is 15.0. The summed E-state index contributed by atoms with van der Waals surface area (Å²) in [5, 5.41) is 3.21. The van der Waals surface area contributed by atoms with Crippen LogP contribution in [0.5, 0.6) is 5.75 Å². The highest BCUT2D eigenvalue weighted by atomic mass is 32.1. The molecule has 5 rings (SSSR count). The summed E-state index contributed by atoms with van der Waals surface area (Å²) in [5.74, 6) is 2.74. The SMILES string of the molecule is COc1ccc2[nH]cc(C3CCN(C(=O)Cc4nc(-c5cccs5)oc4C)CC3)c2c1. The van der Waals surface area contributed by atoms with E-state index in [1.807, 2.05) is 35.4 Å². The average molecular weight is 436 g/mol. The van der Waals surface area contributed by atoms with Crippen molar-refractivity contribution in [1.29, 1.82) is 0 Å². The molecule has 4 heterocycles. The van der Waals surface area contributed by atoms with Gasteiger partial charge < -0.3 is 19.0 Å². The third-order valence-corrected chi connectivity index (χ3v) is 7.01. The van der Waals surface area contributed by atoms with E-state index in [9.17, 15) is 4.79 Å².